The van der Waals surface area contributed by atoms with Crippen LogP contribution in [0, 0.1) is 0 Å². The van der Waals surface area contributed by atoms with Gasteiger partial charge < -0.3 is 19.9 Å². The molecule has 0 fully saturated rings. The van der Waals surface area contributed by atoms with Gasteiger partial charge >= 0.3 is 5.97 Å². The van der Waals surface area contributed by atoms with Gasteiger partial charge in [0.1, 0.15) is 5.69 Å². The van der Waals surface area contributed by atoms with Gasteiger partial charge in [0.25, 0.3) is 5.91 Å². The molecule has 2 N–H and O–H groups in total. The lowest BCUT2D eigenvalue weighted by atomic mass is 10.1. The molecular formula is C19H22N2O5. The lowest BCUT2D eigenvalue weighted by Crippen LogP contribution is -2.23. The second-order valence-corrected chi connectivity index (χ2v) is 5.49. The number of carboxylic acids is 1. The molecule has 7 heteroatoms. The number of carbonyl (C=O) groups is 2. The highest BCUT2D eigenvalue weighted by molar-refractivity contribution is 5.96. The third kappa shape index (κ3) is 6.27. The minimum Gasteiger partial charge on any atom is -0.477 e. The molecule has 0 aliphatic carbocycles. The van der Waals surface area contributed by atoms with E-state index in [4.69, 9.17) is 14.6 Å². The first-order chi connectivity index (χ1) is 12.6. The Balaban J connectivity index is 1.87. The van der Waals surface area contributed by atoms with Crippen molar-refractivity contribution in [2.24, 2.45) is 0 Å². The van der Waals surface area contributed by atoms with Crippen LogP contribution in [0.1, 0.15) is 38.9 Å². The maximum atomic E-state index is 12.2. The summed E-state index contributed by atoms with van der Waals surface area (Å²) >= 11 is 0. The molecule has 1 aromatic heterocycles. The number of nitrogens with zero attached hydrogens (tertiary/aromatic N) is 1. The molecule has 0 aliphatic rings. The van der Waals surface area contributed by atoms with Gasteiger partial charge in [0.15, 0.2) is 0 Å². The van der Waals surface area contributed by atoms with Crippen molar-refractivity contribution in [3.05, 3.63) is 65.0 Å². The Bertz CT molecular complexity index is 748. The molecule has 2 rings (SSSR count). The number of carbonyl (C=O) groups excluding carboxylic acids is 1. The SMILES string of the molecule is CCOCCOCc1cccc(CNC(=O)c2ccnc(C(=O)O)c2)c1. The van der Waals surface area contributed by atoms with Crippen LogP contribution in [0.4, 0.5) is 0 Å². The van der Waals surface area contributed by atoms with Crippen LogP contribution < -0.4 is 5.32 Å². The summed E-state index contributed by atoms with van der Waals surface area (Å²) in [6.07, 6.45) is 1.30. The molecule has 0 saturated heterocycles. The molecule has 0 aliphatic heterocycles. The third-order valence-electron chi connectivity index (χ3n) is 3.53. The number of nitrogens with one attached hydrogen (secondary N) is 1. The number of aromatic carboxylic acids is 1. The molecule has 1 aromatic carbocycles. The van der Waals surface area contributed by atoms with Gasteiger partial charge in [-0.2, -0.15) is 0 Å². The van der Waals surface area contributed by atoms with Crippen molar-refractivity contribution < 1.29 is 24.2 Å². The molecule has 26 heavy (non-hydrogen) atoms. The van der Waals surface area contributed by atoms with Gasteiger partial charge in [-0.25, -0.2) is 9.78 Å². The molecular weight excluding hydrogens is 336 g/mol. The van der Waals surface area contributed by atoms with Crippen molar-refractivity contribution in [1.29, 1.82) is 0 Å². The molecule has 2 aromatic rings. The molecule has 0 spiro atoms. The lowest BCUT2D eigenvalue weighted by Gasteiger charge is -2.09. The second-order valence-electron chi connectivity index (χ2n) is 5.49. The van der Waals surface area contributed by atoms with E-state index in [1.807, 2.05) is 31.2 Å². The minimum atomic E-state index is -1.17. The summed E-state index contributed by atoms with van der Waals surface area (Å²) in [5.74, 6) is -1.52. The van der Waals surface area contributed by atoms with Crippen LogP contribution in [0.15, 0.2) is 42.6 Å². The fourth-order valence-electron chi connectivity index (χ4n) is 2.25. The largest absolute Gasteiger partial charge is 0.477 e. The van der Waals surface area contributed by atoms with Crippen molar-refractivity contribution in [2.45, 2.75) is 20.1 Å². The van der Waals surface area contributed by atoms with Crippen molar-refractivity contribution in [1.82, 2.24) is 10.3 Å². The smallest absolute Gasteiger partial charge is 0.354 e. The Labute approximate surface area is 152 Å². The summed E-state index contributed by atoms with van der Waals surface area (Å²) < 4.78 is 10.7. The van der Waals surface area contributed by atoms with Gasteiger partial charge in [-0.3, -0.25) is 4.79 Å². The van der Waals surface area contributed by atoms with Crippen LogP contribution in [0.5, 0.6) is 0 Å². The van der Waals surface area contributed by atoms with E-state index in [0.29, 0.717) is 33.0 Å². The average Bonchev–Trinajstić information content (AvgIpc) is 2.66. The molecule has 0 unspecified atom stereocenters. The molecule has 0 saturated carbocycles. The summed E-state index contributed by atoms with van der Waals surface area (Å²) in [6, 6.07) is 10.4. The first kappa shape index (κ1) is 19.6. The van der Waals surface area contributed by atoms with E-state index in [-0.39, 0.29) is 17.2 Å². The molecule has 1 heterocycles. The van der Waals surface area contributed by atoms with Gasteiger partial charge in [-0.15, -0.1) is 0 Å². The predicted octanol–water partition coefficient (Wildman–Crippen LogP) is 2.26. The number of benzene rings is 1. The highest BCUT2D eigenvalue weighted by Gasteiger charge is 2.10. The van der Waals surface area contributed by atoms with Crippen LogP contribution in [-0.2, 0) is 22.6 Å². The standard InChI is InChI=1S/C19H22N2O5/c1-2-25-8-9-26-13-15-5-3-4-14(10-15)12-21-18(22)16-6-7-20-17(11-16)19(23)24/h3-7,10-11H,2,8-9,12-13H2,1H3,(H,21,22)(H,23,24). The van der Waals surface area contributed by atoms with Gasteiger partial charge in [-0.1, -0.05) is 24.3 Å². The number of amides is 1. The first-order valence-corrected chi connectivity index (χ1v) is 8.31. The molecule has 0 radical (unpaired) electrons. The highest BCUT2D eigenvalue weighted by Crippen LogP contribution is 2.08. The van der Waals surface area contributed by atoms with Gasteiger partial charge in [0.2, 0.25) is 0 Å². The molecule has 7 nitrogen and oxygen atoms in total. The zero-order valence-corrected chi connectivity index (χ0v) is 14.6. The maximum absolute atomic E-state index is 12.2. The molecule has 0 bridgehead atoms. The lowest BCUT2D eigenvalue weighted by molar-refractivity contribution is 0.0453. The Morgan fingerprint density at radius 3 is 2.65 bits per heavy atom. The Kier molecular flexibility index (Phi) is 7.73. The summed E-state index contributed by atoms with van der Waals surface area (Å²) in [5, 5.41) is 11.7. The van der Waals surface area contributed by atoms with E-state index in [9.17, 15) is 9.59 Å². The number of ether oxygens (including phenoxy) is 2. The Hall–Kier alpha value is -2.77. The van der Waals surface area contributed by atoms with E-state index in [2.05, 4.69) is 10.3 Å². The number of pyridine rings is 1. The van der Waals surface area contributed by atoms with E-state index in [1.54, 1.807) is 0 Å². The van der Waals surface area contributed by atoms with Crippen LogP contribution in [0.25, 0.3) is 0 Å². The van der Waals surface area contributed by atoms with Crippen LogP contribution in [0.2, 0.25) is 0 Å². The van der Waals surface area contributed by atoms with E-state index >= 15 is 0 Å². The van der Waals surface area contributed by atoms with E-state index < -0.39 is 5.97 Å². The van der Waals surface area contributed by atoms with Crippen molar-refractivity contribution in [3.8, 4) is 0 Å². The van der Waals surface area contributed by atoms with Gasteiger partial charge in [0.05, 0.1) is 19.8 Å². The van der Waals surface area contributed by atoms with Gasteiger partial charge in [0, 0.05) is 24.9 Å². The minimum absolute atomic E-state index is 0.163. The summed E-state index contributed by atoms with van der Waals surface area (Å²) in [7, 11) is 0. The highest BCUT2D eigenvalue weighted by atomic mass is 16.5. The fraction of sp³-hybridized carbons (Fsp3) is 0.316. The second kappa shape index (κ2) is 10.3. The average molecular weight is 358 g/mol. The summed E-state index contributed by atoms with van der Waals surface area (Å²) in [5.41, 5.74) is 2.03. The van der Waals surface area contributed by atoms with Crippen molar-refractivity contribution in [2.75, 3.05) is 19.8 Å². The van der Waals surface area contributed by atoms with E-state index in [1.165, 1.54) is 18.3 Å². The number of hydrogen-bond donors (Lipinski definition) is 2. The van der Waals surface area contributed by atoms with Crippen LogP contribution in [0.3, 0.4) is 0 Å². The summed E-state index contributed by atoms with van der Waals surface area (Å²) in [6.45, 7) is 4.51. The first-order valence-electron chi connectivity index (χ1n) is 8.31. The van der Waals surface area contributed by atoms with Crippen LogP contribution in [-0.4, -0.2) is 41.8 Å². The topological polar surface area (TPSA) is 97.8 Å². The monoisotopic (exact) mass is 358 g/mol. The summed E-state index contributed by atoms with van der Waals surface area (Å²) in [4.78, 5) is 26.8. The number of aromatic nitrogens is 1. The molecule has 0 atom stereocenters. The van der Waals surface area contributed by atoms with Crippen molar-refractivity contribution >= 4 is 11.9 Å². The zero-order chi connectivity index (χ0) is 18.8. The quantitative estimate of drug-likeness (QED) is 0.632. The predicted molar refractivity (Wildman–Crippen MR) is 95.0 cm³/mol. The van der Waals surface area contributed by atoms with E-state index in [0.717, 1.165) is 11.1 Å². The normalized spacial score (nSPS) is 10.5. The molecule has 138 valence electrons. The number of rotatable bonds is 10. The maximum Gasteiger partial charge on any atom is 0.354 e. The van der Waals surface area contributed by atoms with Gasteiger partial charge in [-0.05, 0) is 30.2 Å². The Morgan fingerprint density at radius 1 is 1.12 bits per heavy atom. The fourth-order valence-corrected chi connectivity index (χ4v) is 2.25. The number of hydrogen-bond acceptors (Lipinski definition) is 5. The molecule has 1 amide bonds. The Morgan fingerprint density at radius 2 is 1.88 bits per heavy atom. The zero-order valence-electron chi connectivity index (χ0n) is 14.6. The third-order valence-corrected chi connectivity index (χ3v) is 3.53. The van der Waals surface area contributed by atoms with Crippen molar-refractivity contribution in [3.63, 3.8) is 0 Å². The number of carboxylic acid groups (broad SMARTS) is 1. The van der Waals surface area contributed by atoms with Crippen LogP contribution >= 0.6 is 0 Å².